The number of anilines is 1. The van der Waals surface area contributed by atoms with Crippen molar-refractivity contribution in [2.45, 2.75) is 58.5 Å². The Balaban J connectivity index is 1.49. The Morgan fingerprint density at radius 3 is 2.28 bits per heavy atom. The van der Waals surface area contributed by atoms with Crippen LogP contribution < -0.4 is 10.1 Å². The minimum atomic E-state index is -0.405. The third-order valence-electron chi connectivity index (χ3n) is 6.75. The van der Waals surface area contributed by atoms with Gasteiger partial charge in [0.2, 0.25) is 5.91 Å². The highest BCUT2D eigenvalue weighted by Crippen LogP contribution is 2.36. The van der Waals surface area contributed by atoms with Crippen molar-refractivity contribution in [2.24, 2.45) is 9.98 Å². The van der Waals surface area contributed by atoms with Crippen LogP contribution >= 0.6 is 11.8 Å². The first-order valence-corrected chi connectivity index (χ1v) is 13.9. The Labute approximate surface area is 219 Å². The molecular formula is C29H38N4O2S. The molecule has 1 N–H and O–H groups in total. The summed E-state index contributed by atoms with van der Waals surface area (Å²) in [5.74, 6) is 1.02. The molecule has 6 nitrogen and oxygen atoms in total. The van der Waals surface area contributed by atoms with E-state index in [1.807, 2.05) is 31.2 Å². The number of ether oxygens (including phenoxy) is 1. The lowest BCUT2D eigenvalue weighted by Gasteiger charge is -2.34. The van der Waals surface area contributed by atoms with Crippen LogP contribution in [0.15, 0.2) is 58.5 Å². The van der Waals surface area contributed by atoms with Crippen LogP contribution in [0.3, 0.4) is 0 Å². The SMILES string of the molecule is CCOc1ccc(NC(=O)CSC2=NC3(CCN(CC)CC3)N=C2c2ccc(C(C)(C)C)cc2)cc1. The van der Waals surface area contributed by atoms with Crippen LogP contribution in [0.1, 0.15) is 58.6 Å². The molecule has 1 spiro atoms. The fourth-order valence-corrected chi connectivity index (χ4v) is 5.40. The van der Waals surface area contributed by atoms with Crippen molar-refractivity contribution in [3.63, 3.8) is 0 Å². The van der Waals surface area contributed by atoms with Gasteiger partial charge >= 0.3 is 0 Å². The van der Waals surface area contributed by atoms with Crippen molar-refractivity contribution in [1.29, 1.82) is 0 Å². The maximum Gasteiger partial charge on any atom is 0.234 e. The molecule has 192 valence electrons. The lowest BCUT2D eigenvalue weighted by atomic mass is 9.86. The number of aliphatic imine (C=N–C) groups is 2. The van der Waals surface area contributed by atoms with Crippen molar-refractivity contribution < 1.29 is 9.53 Å². The first-order valence-electron chi connectivity index (χ1n) is 12.9. The lowest BCUT2D eigenvalue weighted by molar-refractivity contribution is -0.113. The van der Waals surface area contributed by atoms with Crippen molar-refractivity contribution in [1.82, 2.24) is 4.90 Å². The second-order valence-corrected chi connectivity index (χ2v) is 11.4. The molecule has 36 heavy (non-hydrogen) atoms. The van der Waals surface area contributed by atoms with Crippen LogP contribution in [0, 0.1) is 0 Å². The Morgan fingerprint density at radius 1 is 1.03 bits per heavy atom. The zero-order chi connectivity index (χ0) is 25.8. The average Bonchev–Trinajstić information content (AvgIpc) is 3.22. The molecule has 0 bridgehead atoms. The molecule has 1 amide bonds. The van der Waals surface area contributed by atoms with Crippen molar-refractivity contribution >= 4 is 34.1 Å². The number of thioether (sulfide) groups is 1. The standard InChI is InChI=1S/C29H38N4O2S/c1-6-33-18-16-29(17-19-33)31-26(21-8-10-22(11-9-21)28(3,4)5)27(32-29)36-20-25(34)30-23-12-14-24(15-13-23)35-7-2/h8-15H,6-7,16-20H2,1-5H3,(H,30,34). The number of carbonyl (C=O) groups excluding carboxylic acids is 1. The van der Waals surface area contributed by atoms with E-state index in [0.717, 1.165) is 60.2 Å². The van der Waals surface area contributed by atoms with Gasteiger partial charge in [-0.25, -0.2) is 4.99 Å². The summed E-state index contributed by atoms with van der Waals surface area (Å²) in [6.45, 7) is 14.5. The van der Waals surface area contributed by atoms with Gasteiger partial charge in [-0.05, 0) is 48.7 Å². The zero-order valence-electron chi connectivity index (χ0n) is 22.1. The van der Waals surface area contributed by atoms with E-state index in [1.54, 1.807) is 0 Å². The molecule has 2 aromatic rings. The number of likely N-dealkylation sites (tertiary alicyclic amines) is 1. The third kappa shape index (κ3) is 6.37. The molecule has 1 fully saturated rings. The molecular weight excluding hydrogens is 468 g/mol. The van der Waals surface area contributed by atoms with Gasteiger partial charge in [0.15, 0.2) is 5.66 Å². The molecule has 2 aliphatic heterocycles. The van der Waals surface area contributed by atoms with Gasteiger partial charge in [0.1, 0.15) is 10.8 Å². The Bertz CT molecular complexity index is 1110. The molecule has 0 unspecified atom stereocenters. The summed E-state index contributed by atoms with van der Waals surface area (Å²) < 4.78 is 5.48. The minimum Gasteiger partial charge on any atom is -0.494 e. The average molecular weight is 507 g/mol. The van der Waals surface area contributed by atoms with Crippen LogP contribution in [0.5, 0.6) is 5.75 Å². The normalized spacial score (nSPS) is 17.6. The molecule has 0 radical (unpaired) electrons. The van der Waals surface area contributed by atoms with E-state index >= 15 is 0 Å². The van der Waals surface area contributed by atoms with Crippen LogP contribution in [-0.4, -0.2) is 59.2 Å². The van der Waals surface area contributed by atoms with Gasteiger partial charge in [0, 0.05) is 37.2 Å². The van der Waals surface area contributed by atoms with E-state index in [4.69, 9.17) is 14.7 Å². The number of hydrogen-bond donors (Lipinski definition) is 1. The number of hydrogen-bond acceptors (Lipinski definition) is 6. The largest absolute Gasteiger partial charge is 0.494 e. The van der Waals surface area contributed by atoms with Gasteiger partial charge in [-0.1, -0.05) is 63.7 Å². The summed E-state index contributed by atoms with van der Waals surface area (Å²) >= 11 is 1.48. The summed E-state index contributed by atoms with van der Waals surface area (Å²) in [4.78, 5) is 25.6. The zero-order valence-corrected chi connectivity index (χ0v) is 23.0. The van der Waals surface area contributed by atoms with Crippen LogP contribution in [0.25, 0.3) is 0 Å². The fraction of sp³-hybridized carbons (Fsp3) is 0.483. The van der Waals surface area contributed by atoms with E-state index in [0.29, 0.717) is 6.61 Å². The molecule has 0 atom stereocenters. The number of amides is 1. The smallest absolute Gasteiger partial charge is 0.234 e. The van der Waals surface area contributed by atoms with E-state index in [9.17, 15) is 4.79 Å². The first-order chi connectivity index (χ1) is 17.2. The first kappa shape index (κ1) is 26.4. The summed E-state index contributed by atoms with van der Waals surface area (Å²) in [5, 5.41) is 3.85. The quantitative estimate of drug-likeness (QED) is 0.518. The van der Waals surface area contributed by atoms with Crippen molar-refractivity contribution in [3.8, 4) is 5.75 Å². The highest BCUT2D eigenvalue weighted by atomic mass is 32.2. The van der Waals surface area contributed by atoms with E-state index in [2.05, 4.69) is 62.2 Å². The third-order valence-corrected chi connectivity index (χ3v) is 7.71. The molecule has 0 aromatic heterocycles. The van der Waals surface area contributed by atoms with Gasteiger partial charge in [0.25, 0.3) is 0 Å². The van der Waals surface area contributed by atoms with E-state index in [1.165, 1.54) is 17.3 Å². The number of benzene rings is 2. The highest BCUT2D eigenvalue weighted by Gasteiger charge is 2.39. The number of nitrogens with one attached hydrogen (secondary N) is 1. The molecule has 0 aliphatic carbocycles. The molecule has 2 aliphatic rings. The van der Waals surface area contributed by atoms with Crippen molar-refractivity contribution in [3.05, 3.63) is 59.7 Å². The Morgan fingerprint density at radius 2 is 1.69 bits per heavy atom. The molecule has 0 saturated carbocycles. The van der Waals surface area contributed by atoms with Crippen LogP contribution in [-0.2, 0) is 10.2 Å². The predicted molar refractivity (Wildman–Crippen MR) is 152 cm³/mol. The number of piperidine rings is 1. The summed E-state index contributed by atoms with van der Waals surface area (Å²) in [6, 6.07) is 16.1. The second kappa shape index (κ2) is 11.2. The summed E-state index contributed by atoms with van der Waals surface area (Å²) in [5.41, 5.74) is 3.71. The monoisotopic (exact) mass is 506 g/mol. The van der Waals surface area contributed by atoms with Gasteiger partial charge in [-0.3, -0.25) is 9.79 Å². The lowest BCUT2D eigenvalue weighted by Crippen LogP contribution is -2.41. The summed E-state index contributed by atoms with van der Waals surface area (Å²) in [6.07, 6.45) is 1.82. The van der Waals surface area contributed by atoms with E-state index < -0.39 is 5.66 Å². The van der Waals surface area contributed by atoms with Gasteiger partial charge < -0.3 is 15.0 Å². The minimum absolute atomic E-state index is 0.0592. The number of rotatable bonds is 7. The molecule has 2 aromatic carbocycles. The highest BCUT2D eigenvalue weighted by molar-refractivity contribution is 8.16. The van der Waals surface area contributed by atoms with Gasteiger partial charge in [-0.2, -0.15) is 0 Å². The Hall–Kier alpha value is -2.64. The maximum atomic E-state index is 12.8. The van der Waals surface area contributed by atoms with Crippen LogP contribution in [0.2, 0.25) is 0 Å². The predicted octanol–water partition coefficient (Wildman–Crippen LogP) is 5.77. The fourth-order valence-electron chi connectivity index (χ4n) is 4.52. The van der Waals surface area contributed by atoms with Crippen molar-refractivity contribution in [2.75, 3.05) is 37.3 Å². The second-order valence-electron chi connectivity index (χ2n) is 10.4. The van der Waals surface area contributed by atoms with E-state index in [-0.39, 0.29) is 17.1 Å². The molecule has 1 saturated heterocycles. The summed E-state index contributed by atoms with van der Waals surface area (Å²) in [7, 11) is 0. The molecule has 7 heteroatoms. The molecule has 2 heterocycles. The maximum absolute atomic E-state index is 12.8. The topological polar surface area (TPSA) is 66.3 Å². The van der Waals surface area contributed by atoms with Gasteiger partial charge in [-0.15, -0.1) is 0 Å². The molecule has 4 rings (SSSR count). The number of nitrogens with zero attached hydrogens (tertiary/aromatic N) is 3. The van der Waals surface area contributed by atoms with Gasteiger partial charge in [0.05, 0.1) is 18.1 Å². The number of carbonyl (C=O) groups is 1. The van der Waals surface area contributed by atoms with Crippen LogP contribution in [0.4, 0.5) is 5.69 Å². The Kier molecular flexibility index (Phi) is 8.20.